The molecule has 6 heteroatoms. The van der Waals surface area contributed by atoms with E-state index < -0.39 is 0 Å². The molecule has 116 valence electrons. The van der Waals surface area contributed by atoms with Crippen LogP contribution in [0.5, 0.6) is 0 Å². The number of hydrogen-bond donors (Lipinski definition) is 2. The van der Waals surface area contributed by atoms with Gasteiger partial charge in [-0.3, -0.25) is 9.69 Å². The van der Waals surface area contributed by atoms with Crippen molar-refractivity contribution in [1.82, 2.24) is 4.90 Å². The summed E-state index contributed by atoms with van der Waals surface area (Å²) in [6.07, 6.45) is 1.85. The van der Waals surface area contributed by atoms with Crippen LogP contribution in [0.4, 0.5) is 5.69 Å². The summed E-state index contributed by atoms with van der Waals surface area (Å²) in [5, 5.41) is 12.8. The summed E-state index contributed by atoms with van der Waals surface area (Å²) in [6, 6.07) is 4.93. The maximum atomic E-state index is 12.3. The fourth-order valence-corrected chi connectivity index (χ4v) is 2.87. The summed E-state index contributed by atoms with van der Waals surface area (Å²) in [6.45, 7) is 3.76. The Morgan fingerprint density at radius 1 is 1.43 bits per heavy atom. The Kier molecular flexibility index (Phi) is 5.88. The minimum atomic E-state index is -0.236. The summed E-state index contributed by atoms with van der Waals surface area (Å²) in [5.41, 5.74) is 0.534. The number of nitrogens with one attached hydrogen (secondary N) is 1. The molecule has 1 saturated heterocycles. The van der Waals surface area contributed by atoms with Gasteiger partial charge in [-0.1, -0.05) is 29.3 Å². The number of likely N-dealkylation sites (tertiary alicyclic amines) is 1. The first kappa shape index (κ1) is 16.6. The Balaban J connectivity index is 1.95. The SMILES string of the molecule is CC(C(=O)Nc1cccc(Cl)c1Cl)N1CCC(CO)CC1. The first-order chi connectivity index (χ1) is 10.0. The number of carbonyl (C=O) groups is 1. The van der Waals surface area contributed by atoms with Gasteiger partial charge in [0.1, 0.15) is 0 Å². The third kappa shape index (κ3) is 4.10. The molecule has 1 fully saturated rings. The van der Waals surface area contributed by atoms with E-state index in [1.54, 1.807) is 18.2 Å². The predicted octanol–water partition coefficient (Wildman–Crippen LogP) is 3.02. The highest BCUT2D eigenvalue weighted by Gasteiger charge is 2.26. The molecule has 1 aromatic carbocycles. The number of aliphatic hydroxyl groups is 1. The second kappa shape index (κ2) is 7.45. The van der Waals surface area contributed by atoms with E-state index in [0.717, 1.165) is 25.9 Å². The molecule has 1 amide bonds. The van der Waals surface area contributed by atoms with Crippen LogP contribution in [0.15, 0.2) is 18.2 Å². The zero-order valence-electron chi connectivity index (χ0n) is 12.0. The average Bonchev–Trinajstić information content (AvgIpc) is 2.51. The summed E-state index contributed by atoms with van der Waals surface area (Å²) < 4.78 is 0. The van der Waals surface area contributed by atoms with Crippen molar-refractivity contribution in [2.24, 2.45) is 5.92 Å². The monoisotopic (exact) mass is 330 g/mol. The number of carbonyl (C=O) groups excluding carboxylic acids is 1. The van der Waals surface area contributed by atoms with Crippen LogP contribution in [0.25, 0.3) is 0 Å². The number of benzene rings is 1. The van der Waals surface area contributed by atoms with Crippen molar-refractivity contribution in [3.63, 3.8) is 0 Å². The zero-order valence-corrected chi connectivity index (χ0v) is 13.5. The molecule has 1 unspecified atom stereocenters. The van der Waals surface area contributed by atoms with E-state index in [0.29, 0.717) is 21.7 Å². The van der Waals surface area contributed by atoms with Gasteiger partial charge in [0.05, 0.1) is 21.8 Å². The predicted molar refractivity (Wildman–Crippen MR) is 85.9 cm³/mol. The standard InChI is InChI=1S/C15H20Cl2N2O2/c1-10(19-7-5-11(9-20)6-8-19)15(21)18-13-4-2-3-12(16)14(13)17/h2-4,10-11,20H,5-9H2,1H3,(H,18,21). The maximum Gasteiger partial charge on any atom is 0.241 e. The minimum absolute atomic E-state index is 0.0957. The van der Waals surface area contributed by atoms with Gasteiger partial charge in [0.25, 0.3) is 0 Å². The van der Waals surface area contributed by atoms with Crippen molar-refractivity contribution in [2.45, 2.75) is 25.8 Å². The first-order valence-corrected chi connectivity index (χ1v) is 7.88. The molecule has 1 aliphatic heterocycles. The normalized spacial score (nSPS) is 18.5. The Labute approximate surface area is 135 Å². The Bertz CT molecular complexity index is 502. The lowest BCUT2D eigenvalue weighted by Gasteiger charge is -2.34. The largest absolute Gasteiger partial charge is 0.396 e. The molecule has 1 atom stereocenters. The fourth-order valence-electron chi connectivity index (χ4n) is 2.53. The number of piperidine rings is 1. The Hall–Kier alpha value is -0.810. The van der Waals surface area contributed by atoms with Crippen molar-refractivity contribution in [2.75, 3.05) is 25.0 Å². The lowest BCUT2D eigenvalue weighted by molar-refractivity contribution is -0.121. The van der Waals surface area contributed by atoms with Gasteiger partial charge in [0, 0.05) is 6.61 Å². The third-order valence-electron chi connectivity index (χ3n) is 4.04. The van der Waals surface area contributed by atoms with Crippen molar-refractivity contribution in [1.29, 1.82) is 0 Å². The highest BCUT2D eigenvalue weighted by atomic mass is 35.5. The van der Waals surface area contributed by atoms with Crippen LogP contribution in [0, 0.1) is 5.92 Å². The molecule has 0 aliphatic carbocycles. The number of amides is 1. The average molecular weight is 331 g/mol. The molecule has 2 rings (SSSR count). The summed E-state index contributed by atoms with van der Waals surface area (Å²) in [7, 11) is 0. The van der Waals surface area contributed by atoms with E-state index in [-0.39, 0.29) is 18.6 Å². The highest BCUT2D eigenvalue weighted by Crippen LogP contribution is 2.29. The fraction of sp³-hybridized carbons (Fsp3) is 0.533. The van der Waals surface area contributed by atoms with Crippen molar-refractivity contribution in [3.8, 4) is 0 Å². The van der Waals surface area contributed by atoms with Gasteiger partial charge in [-0.05, 0) is 50.9 Å². The van der Waals surface area contributed by atoms with Gasteiger partial charge in [-0.15, -0.1) is 0 Å². The minimum Gasteiger partial charge on any atom is -0.396 e. The van der Waals surface area contributed by atoms with E-state index in [1.807, 2.05) is 6.92 Å². The van der Waals surface area contributed by atoms with Crippen LogP contribution >= 0.6 is 23.2 Å². The number of halogens is 2. The molecule has 1 aliphatic rings. The van der Waals surface area contributed by atoms with Gasteiger partial charge < -0.3 is 10.4 Å². The molecule has 2 N–H and O–H groups in total. The lowest BCUT2D eigenvalue weighted by atomic mass is 9.97. The van der Waals surface area contributed by atoms with Gasteiger partial charge in [-0.25, -0.2) is 0 Å². The Morgan fingerprint density at radius 3 is 2.71 bits per heavy atom. The molecule has 0 radical (unpaired) electrons. The van der Waals surface area contributed by atoms with E-state index in [1.165, 1.54) is 0 Å². The van der Waals surface area contributed by atoms with Crippen LogP contribution in [0.2, 0.25) is 10.0 Å². The molecular formula is C15H20Cl2N2O2. The van der Waals surface area contributed by atoms with Gasteiger partial charge >= 0.3 is 0 Å². The van der Waals surface area contributed by atoms with Crippen LogP contribution in [0.3, 0.4) is 0 Å². The number of aliphatic hydroxyl groups excluding tert-OH is 1. The Morgan fingerprint density at radius 2 is 2.10 bits per heavy atom. The van der Waals surface area contributed by atoms with E-state index in [9.17, 15) is 4.79 Å². The van der Waals surface area contributed by atoms with Crippen LogP contribution in [0.1, 0.15) is 19.8 Å². The molecule has 0 saturated carbocycles. The van der Waals surface area contributed by atoms with Gasteiger partial charge in [-0.2, -0.15) is 0 Å². The van der Waals surface area contributed by atoms with E-state index >= 15 is 0 Å². The second-order valence-corrected chi connectivity index (χ2v) is 6.21. The van der Waals surface area contributed by atoms with E-state index in [2.05, 4.69) is 10.2 Å². The second-order valence-electron chi connectivity index (χ2n) is 5.43. The molecular weight excluding hydrogens is 311 g/mol. The summed E-state index contributed by atoms with van der Waals surface area (Å²) >= 11 is 12.0. The molecule has 0 aromatic heterocycles. The topological polar surface area (TPSA) is 52.6 Å². The number of rotatable bonds is 4. The quantitative estimate of drug-likeness (QED) is 0.892. The molecule has 4 nitrogen and oxygen atoms in total. The molecule has 1 heterocycles. The zero-order chi connectivity index (χ0) is 15.4. The molecule has 21 heavy (non-hydrogen) atoms. The number of nitrogens with zero attached hydrogens (tertiary/aromatic N) is 1. The third-order valence-corrected chi connectivity index (χ3v) is 4.86. The number of anilines is 1. The van der Waals surface area contributed by atoms with E-state index in [4.69, 9.17) is 28.3 Å². The maximum absolute atomic E-state index is 12.3. The van der Waals surface area contributed by atoms with Crippen LogP contribution in [-0.2, 0) is 4.79 Å². The summed E-state index contributed by atoms with van der Waals surface area (Å²) in [5.74, 6) is 0.264. The highest BCUT2D eigenvalue weighted by molar-refractivity contribution is 6.44. The first-order valence-electron chi connectivity index (χ1n) is 7.12. The molecule has 1 aromatic rings. The number of hydrogen-bond acceptors (Lipinski definition) is 3. The van der Waals surface area contributed by atoms with Crippen LogP contribution in [-0.4, -0.2) is 41.7 Å². The molecule has 0 bridgehead atoms. The van der Waals surface area contributed by atoms with Crippen LogP contribution < -0.4 is 5.32 Å². The van der Waals surface area contributed by atoms with Crippen molar-refractivity contribution < 1.29 is 9.90 Å². The lowest BCUT2D eigenvalue weighted by Crippen LogP contribution is -2.46. The summed E-state index contributed by atoms with van der Waals surface area (Å²) in [4.78, 5) is 14.4. The smallest absolute Gasteiger partial charge is 0.241 e. The van der Waals surface area contributed by atoms with Crippen molar-refractivity contribution >= 4 is 34.8 Å². The van der Waals surface area contributed by atoms with Crippen molar-refractivity contribution in [3.05, 3.63) is 28.2 Å². The van der Waals surface area contributed by atoms with Gasteiger partial charge in [0.2, 0.25) is 5.91 Å². The molecule has 0 spiro atoms. The van der Waals surface area contributed by atoms with Gasteiger partial charge in [0.15, 0.2) is 0 Å².